The number of guanidine groups is 1. The van der Waals surface area contributed by atoms with E-state index < -0.39 is 0 Å². The first-order valence-corrected chi connectivity index (χ1v) is 10.2. The number of benzene rings is 1. The number of aliphatic imine (C=N–C) groups is 1. The fourth-order valence-corrected chi connectivity index (χ4v) is 3.06. The summed E-state index contributed by atoms with van der Waals surface area (Å²) in [5.41, 5.74) is 2.92. The molecular formula is C22H38IN3O2. The highest BCUT2D eigenvalue weighted by molar-refractivity contribution is 14.0. The van der Waals surface area contributed by atoms with Crippen molar-refractivity contribution in [3.63, 3.8) is 0 Å². The maximum absolute atomic E-state index is 5.73. The standard InChI is InChI=1S/C22H37N3O2.HI/c1-22(2,3)20-8-6-18(7-9-20)10-13-25-21(23-4)24-12-5-14-26-16-19-11-15-27-17-19;/h6-9,19H,5,10-17H2,1-4H3,(H2,23,24,25);1H. The SMILES string of the molecule is CN=C(NCCCOCC1CCOC1)NCCc1ccc(C(C)(C)C)cc1.I. The van der Waals surface area contributed by atoms with Crippen molar-refractivity contribution in [2.45, 2.75) is 45.4 Å². The molecule has 1 atom stereocenters. The van der Waals surface area contributed by atoms with Gasteiger partial charge in [-0.3, -0.25) is 4.99 Å². The summed E-state index contributed by atoms with van der Waals surface area (Å²) in [7, 11) is 1.81. The Labute approximate surface area is 188 Å². The van der Waals surface area contributed by atoms with Crippen molar-refractivity contribution < 1.29 is 9.47 Å². The first kappa shape index (κ1) is 25.2. The molecule has 2 rings (SSSR count). The maximum Gasteiger partial charge on any atom is 0.190 e. The Balaban J connectivity index is 0.00000392. The van der Waals surface area contributed by atoms with Gasteiger partial charge in [0.1, 0.15) is 0 Å². The van der Waals surface area contributed by atoms with Gasteiger partial charge in [-0.05, 0) is 35.8 Å². The van der Waals surface area contributed by atoms with Crippen molar-refractivity contribution in [1.29, 1.82) is 0 Å². The Bertz CT molecular complexity index is 564. The van der Waals surface area contributed by atoms with E-state index in [2.05, 4.69) is 60.7 Å². The lowest BCUT2D eigenvalue weighted by Gasteiger charge is -2.19. The van der Waals surface area contributed by atoms with E-state index in [4.69, 9.17) is 9.47 Å². The van der Waals surface area contributed by atoms with Gasteiger partial charge in [0.25, 0.3) is 0 Å². The van der Waals surface area contributed by atoms with Crippen LogP contribution in [0.1, 0.15) is 44.7 Å². The van der Waals surface area contributed by atoms with E-state index in [-0.39, 0.29) is 29.4 Å². The minimum atomic E-state index is 0. The Morgan fingerprint density at radius 3 is 2.50 bits per heavy atom. The Hall–Kier alpha value is -0.860. The molecule has 0 bridgehead atoms. The third-order valence-corrected chi connectivity index (χ3v) is 4.89. The van der Waals surface area contributed by atoms with E-state index in [1.165, 1.54) is 11.1 Å². The predicted molar refractivity (Wildman–Crippen MR) is 128 cm³/mol. The van der Waals surface area contributed by atoms with Crippen LogP contribution in [0, 0.1) is 5.92 Å². The molecule has 1 aliphatic rings. The molecule has 1 unspecified atom stereocenters. The summed E-state index contributed by atoms with van der Waals surface area (Å²) < 4.78 is 11.1. The summed E-state index contributed by atoms with van der Waals surface area (Å²) in [6, 6.07) is 8.93. The average molecular weight is 503 g/mol. The molecule has 1 aromatic carbocycles. The summed E-state index contributed by atoms with van der Waals surface area (Å²) >= 11 is 0. The van der Waals surface area contributed by atoms with Crippen LogP contribution in [0.25, 0.3) is 0 Å². The van der Waals surface area contributed by atoms with E-state index in [1.54, 1.807) is 0 Å². The van der Waals surface area contributed by atoms with Gasteiger partial charge < -0.3 is 20.1 Å². The van der Waals surface area contributed by atoms with E-state index >= 15 is 0 Å². The van der Waals surface area contributed by atoms with E-state index in [1.807, 2.05) is 7.05 Å². The summed E-state index contributed by atoms with van der Waals surface area (Å²) in [5.74, 6) is 1.44. The number of rotatable bonds is 9. The second kappa shape index (κ2) is 13.4. The molecule has 1 fully saturated rings. The van der Waals surface area contributed by atoms with Gasteiger partial charge in [0.05, 0.1) is 13.2 Å². The fraction of sp³-hybridized carbons (Fsp3) is 0.682. The smallest absolute Gasteiger partial charge is 0.190 e. The largest absolute Gasteiger partial charge is 0.381 e. The van der Waals surface area contributed by atoms with Crippen LogP contribution in [0.3, 0.4) is 0 Å². The summed E-state index contributed by atoms with van der Waals surface area (Å²) in [5, 5.41) is 6.73. The topological polar surface area (TPSA) is 54.9 Å². The van der Waals surface area contributed by atoms with Gasteiger partial charge >= 0.3 is 0 Å². The van der Waals surface area contributed by atoms with Crippen LogP contribution in [-0.4, -0.2) is 52.5 Å². The molecule has 6 heteroatoms. The molecule has 1 aromatic rings. The number of nitrogens with zero attached hydrogens (tertiary/aromatic N) is 1. The Morgan fingerprint density at radius 1 is 1.18 bits per heavy atom. The van der Waals surface area contributed by atoms with Crippen LogP contribution in [0.15, 0.2) is 29.3 Å². The van der Waals surface area contributed by atoms with Crippen LogP contribution >= 0.6 is 24.0 Å². The van der Waals surface area contributed by atoms with Crippen molar-refractivity contribution in [2.75, 3.05) is 46.6 Å². The highest BCUT2D eigenvalue weighted by Crippen LogP contribution is 2.22. The van der Waals surface area contributed by atoms with Crippen molar-refractivity contribution in [1.82, 2.24) is 10.6 Å². The minimum Gasteiger partial charge on any atom is -0.381 e. The van der Waals surface area contributed by atoms with Gasteiger partial charge in [0, 0.05) is 39.3 Å². The average Bonchev–Trinajstić information content (AvgIpc) is 3.16. The van der Waals surface area contributed by atoms with Crippen LogP contribution in [0.4, 0.5) is 0 Å². The lowest BCUT2D eigenvalue weighted by atomic mass is 9.86. The zero-order chi connectivity index (χ0) is 19.5. The summed E-state index contributed by atoms with van der Waals surface area (Å²) in [6.07, 6.45) is 3.09. The van der Waals surface area contributed by atoms with Crippen molar-refractivity contribution in [3.8, 4) is 0 Å². The quantitative estimate of drug-likeness (QED) is 0.233. The monoisotopic (exact) mass is 503 g/mol. The molecule has 1 saturated heterocycles. The number of nitrogens with one attached hydrogen (secondary N) is 2. The molecule has 0 saturated carbocycles. The molecular weight excluding hydrogens is 465 g/mol. The van der Waals surface area contributed by atoms with Crippen molar-refractivity contribution >= 4 is 29.9 Å². The normalized spacial score (nSPS) is 17.3. The van der Waals surface area contributed by atoms with Gasteiger partial charge in [0.2, 0.25) is 0 Å². The number of ether oxygens (including phenoxy) is 2. The first-order chi connectivity index (χ1) is 13.0. The van der Waals surface area contributed by atoms with Gasteiger partial charge in [0.15, 0.2) is 5.96 Å². The molecule has 0 amide bonds. The molecule has 0 aliphatic carbocycles. The summed E-state index contributed by atoms with van der Waals surface area (Å²) in [6.45, 7) is 11.8. The zero-order valence-corrected chi connectivity index (χ0v) is 20.3. The Morgan fingerprint density at radius 2 is 1.89 bits per heavy atom. The highest BCUT2D eigenvalue weighted by Gasteiger charge is 2.15. The Kier molecular flexibility index (Phi) is 12.0. The van der Waals surface area contributed by atoms with E-state index in [9.17, 15) is 0 Å². The molecule has 2 N–H and O–H groups in total. The molecule has 1 heterocycles. The van der Waals surface area contributed by atoms with Crippen LogP contribution in [0.2, 0.25) is 0 Å². The van der Waals surface area contributed by atoms with Gasteiger partial charge in [-0.2, -0.15) is 0 Å². The van der Waals surface area contributed by atoms with Crippen molar-refractivity contribution in [3.05, 3.63) is 35.4 Å². The van der Waals surface area contributed by atoms with Crippen molar-refractivity contribution in [2.24, 2.45) is 10.9 Å². The third-order valence-electron chi connectivity index (χ3n) is 4.89. The lowest BCUT2D eigenvalue weighted by Crippen LogP contribution is -2.39. The van der Waals surface area contributed by atoms with E-state index in [0.717, 1.165) is 64.7 Å². The second-order valence-electron chi connectivity index (χ2n) is 8.28. The molecule has 0 aromatic heterocycles. The summed E-state index contributed by atoms with van der Waals surface area (Å²) in [4.78, 5) is 4.28. The second-order valence-corrected chi connectivity index (χ2v) is 8.28. The fourth-order valence-electron chi connectivity index (χ4n) is 3.06. The molecule has 0 spiro atoms. The lowest BCUT2D eigenvalue weighted by molar-refractivity contribution is 0.0888. The number of hydrogen-bond acceptors (Lipinski definition) is 3. The van der Waals surface area contributed by atoms with Crippen LogP contribution in [0.5, 0.6) is 0 Å². The molecule has 28 heavy (non-hydrogen) atoms. The number of halogens is 1. The van der Waals surface area contributed by atoms with Crippen LogP contribution < -0.4 is 10.6 Å². The van der Waals surface area contributed by atoms with Gasteiger partial charge in [-0.15, -0.1) is 24.0 Å². The number of hydrogen-bond donors (Lipinski definition) is 2. The molecule has 160 valence electrons. The van der Waals surface area contributed by atoms with E-state index in [0.29, 0.717) is 5.92 Å². The predicted octanol–water partition coefficient (Wildman–Crippen LogP) is 3.75. The molecule has 1 aliphatic heterocycles. The zero-order valence-electron chi connectivity index (χ0n) is 17.9. The van der Waals surface area contributed by atoms with Gasteiger partial charge in [-0.1, -0.05) is 45.0 Å². The minimum absolute atomic E-state index is 0. The third kappa shape index (κ3) is 9.56. The van der Waals surface area contributed by atoms with Crippen LogP contribution in [-0.2, 0) is 21.3 Å². The molecule has 5 nitrogen and oxygen atoms in total. The maximum atomic E-state index is 5.73. The molecule has 0 radical (unpaired) electrons. The van der Waals surface area contributed by atoms with Gasteiger partial charge in [-0.25, -0.2) is 0 Å². The first-order valence-electron chi connectivity index (χ1n) is 10.2. The highest BCUT2D eigenvalue weighted by atomic mass is 127.